The minimum absolute atomic E-state index is 0. The Morgan fingerprint density at radius 1 is 0.895 bits per heavy atom. The third-order valence-electron chi connectivity index (χ3n) is 2.94. The average molecular weight is 287 g/mol. The molecule has 0 fully saturated rings. The van der Waals surface area contributed by atoms with Crippen molar-refractivity contribution in [3.05, 3.63) is 0 Å². The molecular formula is C14H30AlNO3. The van der Waals surface area contributed by atoms with E-state index in [2.05, 4.69) is 12.2 Å². The minimum Gasteiger partial charge on any atom is -0.480 e. The molecule has 0 radical (unpaired) electrons. The van der Waals surface area contributed by atoms with Crippen LogP contribution in [-0.2, 0) is 9.59 Å². The van der Waals surface area contributed by atoms with E-state index >= 15 is 0 Å². The Hall–Kier alpha value is -0.528. The summed E-state index contributed by atoms with van der Waals surface area (Å²) in [7, 11) is 0. The maximum absolute atomic E-state index is 11.2. The van der Waals surface area contributed by atoms with Crippen molar-refractivity contribution in [2.45, 2.75) is 71.1 Å². The number of amides is 1. The molecule has 2 N–H and O–H groups in total. The molecule has 4 nitrogen and oxygen atoms in total. The van der Waals surface area contributed by atoms with E-state index in [0.29, 0.717) is 6.42 Å². The lowest BCUT2D eigenvalue weighted by Gasteiger charge is -2.03. The summed E-state index contributed by atoms with van der Waals surface area (Å²) in [5, 5.41) is 10.7. The molecule has 0 aliphatic heterocycles. The Labute approximate surface area is 127 Å². The number of rotatable bonds is 12. The second kappa shape index (κ2) is 15.5. The fourth-order valence-corrected chi connectivity index (χ4v) is 1.86. The smallest absolute Gasteiger partial charge is 0.322 e. The summed E-state index contributed by atoms with van der Waals surface area (Å²) in [6, 6.07) is 0. The van der Waals surface area contributed by atoms with Gasteiger partial charge in [-0.15, -0.1) is 0 Å². The van der Waals surface area contributed by atoms with E-state index in [4.69, 9.17) is 5.11 Å². The van der Waals surface area contributed by atoms with Crippen molar-refractivity contribution in [1.29, 1.82) is 0 Å². The maximum atomic E-state index is 11.2. The van der Waals surface area contributed by atoms with Crippen LogP contribution in [0, 0.1) is 0 Å². The van der Waals surface area contributed by atoms with Crippen LogP contribution in [0.15, 0.2) is 0 Å². The van der Waals surface area contributed by atoms with Crippen molar-refractivity contribution < 1.29 is 14.7 Å². The molecule has 0 saturated carbocycles. The summed E-state index contributed by atoms with van der Waals surface area (Å²) < 4.78 is 0. The van der Waals surface area contributed by atoms with Gasteiger partial charge in [-0.3, -0.25) is 9.59 Å². The highest BCUT2D eigenvalue weighted by Gasteiger charge is 2.02. The molecule has 0 spiro atoms. The number of hydrogen-bond acceptors (Lipinski definition) is 2. The van der Waals surface area contributed by atoms with Crippen molar-refractivity contribution in [3.8, 4) is 0 Å². The molecule has 19 heavy (non-hydrogen) atoms. The van der Waals surface area contributed by atoms with E-state index in [1.165, 1.54) is 44.9 Å². The number of carboxylic acids is 1. The predicted molar refractivity (Wildman–Crippen MR) is 82.4 cm³/mol. The van der Waals surface area contributed by atoms with Gasteiger partial charge in [0.2, 0.25) is 5.91 Å². The zero-order valence-electron chi connectivity index (χ0n) is 11.5. The quantitative estimate of drug-likeness (QED) is 0.426. The van der Waals surface area contributed by atoms with E-state index in [0.717, 1.165) is 12.8 Å². The molecule has 0 aromatic carbocycles. The Balaban J connectivity index is 0. The lowest BCUT2D eigenvalue weighted by molar-refractivity contribution is -0.137. The van der Waals surface area contributed by atoms with Crippen molar-refractivity contribution in [3.63, 3.8) is 0 Å². The molecule has 0 aliphatic rings. The van der Waals surface area contributed by atoms with Crippen LogP contribution in [0.4, 0.5) is 0 Å². The first kappa shape index (κ1) is 20.8. The van der Waals surface area contributed by atoms with Crippen LogP contribution in [0.5, 0.6) is 0 Å². The van der Waals surface area contributed by atoms with Gasteiger partial charge in [-0.25, -0.2) is 0 Å². The predicted octanol–water partition coefficient (Wildman–Crippen LogP) is 1.92. The van der Waals surface area contributed by atoms with Crippen LogP contribution < -0.4 is 5.32 Å². The van der Waals surface area contributed by atoms with Gasteiger partial charge < -0.3 is 10.4 Å². The third-order valence-corrected chi connectivity index (χ3v) is 2.94. The van der Waals surface area contributed by atoms with Gasteiger partial charge in [0, 0.05) is 6.42 Å². The topological polar surface area (TPSA) is 66.4 Å². The highest BCUT2D eigenvalue weighted by Crippen LogP contribution is 2.10. The zero-order chi connectivity index (χ0) is 13.6. The summed E-state index contributed by atoms with van der Waals surface area (Å²) in [5.41, 5.74) is 0. The first-order valence-electron chi connectivity index (χ1n) is 7.15. The first-order valence-corrected chi connectivity index (χ1v) is 7.15. The molecule has 112 valence electrons. The van der Waals surface area contributed by atoms with E-state index in [1.807, 2.05) is 0 Å². The number of nitrogens with one attached hydrogen (secondary N) is 1. The largest absolute Gasteiger partial charge is 0.480 e. The second-order valence-corrected chi connectivity index (χ2v) is 4.75. The molecule has 0 unspecified atom stereocenters. The van der Waals surface area contributed by atoms with Gasteiger partial charge in [0.1, 0.15) is 6.54 Å². The van der Waals surface area contributed by atoms with Crippen LogP contribution in [0.25, 0.3) is 0 Å². The number of carboxylic acid groups (broad SMARTS) is 1. The molecule has 5 heteroatoms. The fourth-order valence-electron chi connectivity index (χ4n) is 1.86. The number of aliphatic carboxylic acids is 1. The van der Waals surface area contributed by atoms with Crippen LogP contribution in [0.1, 0.15) is 71.1 Å². The normalized spacial score (nSPS) is 9.74. The molecule has 0 aromatic rings. The molecule has 0 bridgehead atoms. The van der Waals surface area contributed by atoms with E-state index in [1.54, 1.807) is 0 Å². The van der Waals surface area contributed by atoms with Gasteiger partial charge >= 0.3 is 5.97 Å². The van der Waals surface area contributed by atoms with Gasteiger partial charge in [0.25, 0.3) is 0 Å². The van der Waals surface area contributed by atoms with Gasteiger partial charge in [-0.1, -0.05) is 58.3 Å². The number of carbonyl (C=O) groups excluding carboxylic acids is 1. The second-order valence-electron chi connectivity index (χ2n) is 4.75. The van der Waals surface area contributed by atoms with Gasteiger partial charge in [0.15, 0.2) is 17.4 Å². The summed E-state index contributed by atoms with van der Waals surface area (Å²) in [4.78, 5) is 21.4. The lowest BCUT2D eigenvalue weighted by atomic mass is 10.1. The van der Waals surface area contributed by atoms with Crippen molar-refractivity contribution in [1.82, 2.24) is 5.32 Å². The molecule has 0 heterocycles. The van der Waals surface area contributed by atoms with Crippen LogP contribution in [-0.4, -0.2) is 40.9 Å². The molecular weight excluding hydrogens is 257 g/mol. The van der Waals surface area contributed by atoms with Crippen LogP contribution in [0.3, 0.4) is 0 Å². The van der Waals surface area contributed by atoms with E-state index < -0.39 is 5.97 Å². The zero-order valence-corrected chi connectivity index (χ0v) is 11.5. The highest BCUT2D eigenvalue weighted by atomic mass is 27.0. The van der Waals surface area contributed by atoms with Crippen LogP contribution >= 0.6 is 0 Å². The number of carbonyl (C=O) groups is 2. The highest BCUT2D eigenvalue weighted by molar-refractivity contribution is 5.80. The Kier molecular flexibility index (Phi) is 17.0. The summed E-state index contributed by atoms with van der Waals surface area (Å²) >= 11 is 0. The molecule has 0 rings (SSSR count). The maximum Gasteiger partial charge on any atom is 0.322 e. The van der Waals surface area contributed by atoms with Crippen molar-refractivity contribution in [2.24, 2.45) is 0 Å². The van der Waals surface area contributed by atoms with E-state index in [-0.39, 0.29) is 29.8 Å². The standard InChI is InChI=1S/C14H27NO3.Al.3H/c1-2-3-4-5-6-7-8-9-10-11-13(16)15-12-14(17)18;;;;/h2-12H2,1H3,(H,15,16)(H,17,18);;;;. The Morgan fingerprint density at radius 2 is 1.37 bits per heavy atom. The SMILES string of the molecule is CCCCCCCCCCCC(=O)NCC(=O)O.[AlH3]. The van der Waals surface area contributed by atoms with Gasteiger partial charge in [-0.2, -0.15) is 0 Å². The summed E-state index contributed by atoms with van der Waals surface area (Å²) in [5.74, 6) is -1.14. The van der Waals surface area contributed by atoms with Crippen molar-refractivity contribution >= 4 is 29.2 Å². The molecule has 0 aliphatic carbocycles. The molecule has 1 amide bonds. The Bertz CT molecular complexity index is 235. The molecule has 0 aromatic heterocycles. The average Bonchev–Trinajstić information content (AvgIpc) is 2.34. The Morgan fingerprint density at radius 3 is 1.84 bits per heavy atom. The minimum atomic E-state index is -0.990. The fraction of sp³-hybridized carbons (Fsp3) is 0.857. The molecule has 0 saturated heterocycles. The number of hydrogen-bond donors (Lipinski definition) is 2. The summed E-state index contributed by atoms with van der Waals surface area (Å²) in [6.45, 7) is 1.95. The van der Waals surface area contributed by atoms with Crippen LogP contribution in [0.2, 0.25) is 0 Å². The monoisotopic (exact) mass is 287 g/mol. The summed E-state index contributed by atoms with van der Waals surface area (Å²) in [6.07, 6.45) is 11.4. The van der Waals surface area contributed by atoms with Gasteiger partial charge in [-0.05, 0) is 6.42 Å². The first-order chi connectivity index (χ1) is 8.66. The van der Waals surface area contributed by atoms with E-state index in [9.17, 15) is 9.59 Å². The lowest BCUT2D eigenvalue weighted by Crippen LogP contribution is -2.28. The van der Waals surface area contributed by atoms with Gasteiger partial charge in [0.05, 0.1) is 0 Å². The van der Waals surface area contributed by atoms with Crippen molar-refractivity contribution in [2.75, 3.05) is 6.54 Å². The number of unbranched alkanes of at least 4 members (excludes halogenated alkanes) is 8. The third kappa shape index (κ3) is 17.5. The molecule has 0 atom stereocenters.